The van der Waals surface area contributed by atoms with E-state index in [2.05, 4.69) is 189 Å². The number of nitrogens with zero attached hydrogens (tertiary/aromatic N) is 1. The molecule has 0 bridgehead atoms. The van der Waals surface area contributed by atoms with Crippen molar-refractivity contribution < 1.29 is 0 Å². The maximum Gasteiger partial charge on any atom is 0.0703 e. The number of allylic oxidation sites excluding steroid dienone is 2. The van der Waals surface area contributed by atoms with Crippen LogP contribution in [0.15, 0.2) is 194 Å². The lowest BCUT2D eigenvalue weighted by Gasteiger charge is -2.18. The van der Waals surface area contributed by atoms with Crippen molar-refractivity contribution >= 4 is 39.0 Å². The predicted molar refractivity (Wildman–Crippen MR) is 227 cm³/mol. The molecule has 0 heterocycles. The van der Waals surface area contributed by atoms with Crippen molar-refractivity contribution in [1.29, 1.82) is 0 Å². The van der Waals surface area contributed by atoms with Gasteiger partial charge in [-0.05, 0) is 109 Å². The number of hydrogen-bond donors (Lipinski definition) is 0. The molecule has 53 heavy (non-hydrogen) atoms. The Balaban J connectivity index is 1.05. The number of hydrogen-bond acceptors (Lipinski definition) is 1. The van der Waals surface area contributed by atoms with Crippen LogP contribution in [-0.4, -0.2) is 5.71 Å². The second-order valence-electron chi connectivity index (χ2n) is 13.8. The van der Waals surface area contributed by atoms with Crippen LogP contribution in [0.5, 0.6) is 0 Å². The molecule has 0 N–H and O–H groups in total. The molecule has 8 aromatic rings. The quantitative estimate of drug-likeness (QED) is 0.112. The lowest BCUT2D eigenvalue weighted by Crippen LogP contribution is -2.03. The first kappa shape index (κ1) is 32.3. The summed E-state index contributed by atoms with van der Waals surface area (Å²) in [4.78, 5) is 5.25. The molecule has 8 aromatic carbocycles. The topological polar surface area (TPSA) is 12.4 Å². The van der Waals surface area contributed by atoms with Gasteiger partial charge in [0.1, 0.15) is 0 Å². The SMILES string of the molecule is C=C/C(=N\c1ccc2c(c1Cc1ccccc1)CCC=C2)c1ccc(-c2ccc(-c3c4ccccc4c(-c4ccccc4)c4ccccc34)cc2)cc1. The van der Waals surface area contributed by atoms with Crippen LogP contribution < -0.4 is 0 Å². The number of aliphatic imine (C=N–C) groups is 1. The number of fused-ring (bicyclic) bond motifs is 3. The molecule has 0 fully saturated rings. The molecule has 9 rings (SSSR count). The maximum atomic E-state index is 5.25. The Hall–Kier alpha value is -6.57. The summed E-state index contributed by atoms with van der Waals surface area (Å²) < 4.78 is 0. The van der Waals surface area contributed by atoms with Crippen LogP contribution in [0.3, 0.4) is 0 Å². The Morgan fingerprint density at radius 2 is 1.04 bits per heavy atom. The van der Waals surface area contributed by atoms with Crippen LogP contribution in [0.2, 0.25) is 0 Å². The van der Waals surface area contributed by atoms with Gasteiger partial charge in [-0.3, -0.25) is 0 Å². The Morgan fingerprint density at radius 3 is 1.62 bits per heavy atom. The monoisotopic (exact) mass is 677 g/mol. The lowest BCUT2D eigenvalue weighted by atomic mass is 9.86. The standard InChI is InChI=1S/C52H39N/c1-2-49(53-50-34-33-39-17-9-10-20-43(39)48(50)35-36-15-5-3-6-16-36)40-29-25-37(26-30-40)38-27-31-42(32-28-38)52-46-23-13-11-21-44(46)51(41-18-7-4-8-19-41)45-22-12-14-24-47(45)52/h2-9,11-19,21-34H,1,10,20,35H2/b53-49+. The van der Waals surface area contributed by atoms with E-state index in [1.807, 2.05) is 6.08 Å². The summed E-state index contributed by atoms with van der Waals surface area (Å²) in [5, 5.41) is 5.07. The van der Waals surface area contributed by atoms with E-state index < -0.39 is 0 Å². The minimum atomic E-state index is 0.860. The van der Waals surface area contributed by atoms with Crippen LogP contribution in [0.25, 0.3) is 61.0 Å². The molecule has 252 valence electrons. The third-order valence-corrected chi connectivity index (χ3v) is 10.6. The van der Waals surface area contributed by atoms with E-state index in [0.717, 1.165) is 36.2 Å². The van der Waals surface area contributed by atoms with Crippen molar-refractivity contribution in [3.05, 3.63) is 216 Å². The second kappa shape index (κ2) is 14.2. The highest BCUT2D eigenvalue weighted by atomic mass is 14.8. The third kappa shape index (κ3) is 6.21. The van der Waals surface area contributed by atoms with Gasteiger partial charge in [-0.1, -0.05) is 183 Å². The van der Waals surface area contributed by atoms with Crippen LogP contribution in [0.1, 0.15) is 34.2 Å². The fourth-order valence-electron chi connectivity index (χ4n) is 8.07. The molecule has 0 radical (unpaired) electrons. The zero-order chi connectivity index (χ0) is 35.6. The molecule has 1 heteroatoms. The maximum absolute atomic E-state index is 5.25. The van der Waals surface area contributed by atoms with Crippen molar-refractivity contribution in [2.45, 2.75) is 19.3 Å². The summed E-state index contributed by atoms with van der Waals surface area (Å²) in [6.07, 6.45) is 9.37. The van der Waals surface area contributed by atoms with Crippen LogP contribution in [0, 0.1) is 0 Å². The number of rotatable bonds is 8. The molecule has 1 aliphatic rings. The van der Waals surface area contributed by atoms with Gasteiger partial charge in [0.15, 0.2) is 0 Å². The summed E-state index contributed by atoms with van der Waals surface area (Å²) in [5.41, 5.74) is 15.6. The van der Waals surface area contributed by atoms with Gasteiger partial charge >= 0.3 is 0 Å². The molecule has 0 aliphatic heterocycles. The van der Waals surface area contributed by atoms with Crippen molar-refractivity contribution in [2.75, 3.05) is 0 Å². The first-order chi connectivity index (χ1) is 26.2. The first-order valence-electron chi connectivity index (χ1n) is 18.5. The van der Waals surface area contributed by atoms with Gasteiger partial charge in [0, 0.05) is 5.56 Å². The summed E-state index contributed by atoms with van der Waals surface area (Å²) >= 11 is 0. The Labute approximate surface area is 312 Å². The average molecular weight is 678 g/mol. The molecule has 0 saturated carbocycles. The fourth-order valence-corrected chi connectivity index (χ4v) is 8.07. The zero-order valence-electron chi connectivity index (χ0n) is 29.7. The molecule has 1 aliphatic carbocycles. The van der Waals surface area contributed by atoms with Gasteiger partial charge in [0.05, 0.1) is 11.4 Å². The summed E-state index contributed by atoms with van der Waals surface area (Å²) in [6.45, 7) is 4.18. The highest BCUT2D eigenvalue weighted by Crippen LogP contribution is 2.44. The van der Waals surface area contributed by atoms with E-state index in [4.69, 9.17) is 4.99 Å². The first-order valence-corrected chi connectivity index (χ1v) is 18.5. The van der Waals surface area contributed by atoms with E-state index in [1.165, 1.54) is 77.2 Å². The van der Waals surface area contributed by atoms with Gasteiger partial charge < -0.3 is 0 Å². The molecule has 0 atom stereocenters. The molecule has 0 unspecified atom stereocenters. The van der Waals surface area contributed by atoms with E-state index >= 15 is 0 Å². The van der Waals surface area contributed by atoms with Crippen molar-refractivity contribution in [3.63, 3.8) is 0 Å². The predicted octanol–water partition coefficient (Wildman–Crippen LogP) is 13.9. The third-order valence-electron chi connectivity index (χ3n) is 10.6. The Kier molecular flexibility index (Phi) is 8.67. The summed E-state index contributed by atoms with van der Waals surface area (Å²) in [7, 11) is 0. The van der Waals surface area contributed by atoms with E-state index in [1.54, 1.807) is 0 Å². The summed E-state index contributed by atoms with van der Waals surface area (Å²) in [6, 6.07) is 61.3. The average Bonchev–Trinajstić information content (AvgIpc) is 3.23. The van der Waals surface area contributed by atoms with Crippen molar-refractivity contribution in [3.8, 4) is 33.4 Å². The largest absolute Gasteiger partial charge is 0.248 e. The second-order valence-corrected chi connectivity index (χ2v) is 13.8. The molecular formula is C52H39N. The van der Waals surface area contributed by atoms with Crippen LogP contribution in [0.4, 0.5) is 5.69 Å². The van der Waals surface area contributed by atoms with Crippen LogP contribution >= 0.6 is 0 Å². The van der Waals surface area contributed by atoms with E-state index in [9.17, 15) is 0 Å². The molecule has 1 nitrogen and oxygen atoms in total. The van der Waals surface area contributed by atoms with Gasteiger partial charge in [0.25, 0.3) is 0 Å². The zero-order valence-corrected chi connectivity index (χ0v) is 29.7. The van der Waals surface area contributed by atoms with Gasteiger partial charge in [0.2, 0.25) is 0 Å². The minimum Gasteiger partial charge on any atom is -0.248 e. The minimum absolute atomic E-state index is 0.860. The molecule has 0 aromatic heterocycles. The molecule has 0 amide bonds. The normalized spacial score (nSPS) is 12.6. The van der Waals surface area contributed by atoms with E-state index in [0.29, 0.717) is 0 Å². The van der Waals surface area contributed by atoms with Gasteiger partial charge in [-0.2, -0.15) is 0 Å². The van der Waals surface area contributed by atoms with E-state index in [-0.39, 0.29) is 0 Å². The highest BCUT2D eigenvalue weighted by Gasteiger charge is 2.17. The lowest BCUT2D eigenvalue weighted by molar-refractivity contribution is 0.954. The molecule has 0 spiro atoms. The Morgan fingerprint density at radius 1 is 0.528 bits per heavy atom. The van der Waals surface area contributed by atoms with Crippen LogP contribution in [-0.2, 0) is 12.8 Å². The molecule has 0 saturated heterocycles. The fraction of sp³-hybridized carbons (Fsp3) is 0.0577. The van der Waals surface area contributed by atoms with Gasteiger partial charge in [-0.25, -0.2) is 4.99 Å². The Bertz CT molecular complexity index is 2600. The van der Waals surface area contributed by atoms with Crippen molar-refractivity contribution in [2.24, 2.45) is 4.99 Å². The molecular weight excluding hydrogens is 639 g/mol. The van der Waals surface area contributed by atoms with Gasteiger partial charge in [-0.15, -0.1) is 0 Å². The highest BCUT2D eigenvalue weighted by molar-refractivity contribution is 6.21. The summed E-state index contributed by atoms with van der Waals surface area (Å²) in [5.74, 6) is 0. The smallest absolute Gasteiger partial charge is 0.0703 e. The number of benzene rings is 8. The van der Waals surface area contributed by atoms with Crippen molar-refractivity contribution in [1.82, 2.24) is 0 Å².